The molecule has 1 saturated heterocycles. The Labute approximate surface area is 203 Å². The molecule has 2 aliphatic heterocycles. The van der Waals surface area contributed by atoms with E-state index in [0.717, 1.165) is 64.0 Å². The van der Waals surface area contributed by atoms with Crippen molar-refractivity contribution in [3.63, 3.8) is 0 Å². The van der Waals surface area contributed by atoms with E-state index in [4.69, 9.17) is 14.2 Å². The van der Waals surface area contributed by atoms with Crippen molar-refractivity contribution < 1.29 is 19.0 Å². The zero-order valence-electron chi connectivity index (χ0n) is 20.7. The first kappa shape index (κ1) is 24.5. The van der Waals surface area contributed by atoms with Crippen molar-refractivity contribution in [2.45, 2.75) is 57.7 Å². The SMILES string of the molecule is COc1ccc2c(c1)OCCN(Cc1ncccc1C)CCCC[C@@H]1[C@H](OC)CCCN1C2=O. The number of aryl methyl sites for hydroxylation is 1. The van der Waals surface area contributed by atoms with E-state index in [-0.39, 0.29) is 18.1 Å². The molecule has 4 rings (SSSR count). The third kappa shape index (κ3) is 5.70. The third-order valence-electron chi connectivity index (χ3n) is 7.08. The van der Waals surface area contributed by atoms with Gasteiger partial charge in [0.1, 0.15) is 18.1 Å². The minimum Gasteiger partial charge on any atom is -0.497 e. The molecule has 184 valence electrons. The van der Waals surface area contributed by atoms with Crippen molar-refractivity contribution in [2.24, 2.45) is 0 Å². The van der Waals surface area contributed by atoms with Crippen LogP contribution >= 0.6 is 0 Å². The molecule has 1 fully saturated rings. The molecule has 3 heterocycles. The second-order valence-corrected chi connectivity index (χ2v) is 9.23. The molecule has 0 aliphatic carbocycles. The molecular formula is C27H37N3O4. The molecule has 0 unspecified atom stereocenters. The van der Waals surface area contributed by atoms with E-state index in [2.05, 4.69) is 22.9 Å². The Kier molecular flexibility index (Phi) is 8.40. The normalized spacial score (nSPS) is 22.4. The molecule has 7 heteroatoms. The lowest BCUT2D eigenvalue weighted by atomic mass is 9.93. The van der Waals surface area contributed by atoms with Gasteiger partial charge < -0.3 is 19.1 Å². The number of benzene rings is 1. The fourth-order valence-electron chi connectivity index (χ4n) is 5.11. The maximum atomic E-state index is 13.7. The van der Waals surface area contributed by atoms with Crippen molar-refractivity contribution >= 4 is 5.91 Å². The summed E-state index contributed by atoms with van der Waals surface area (Å²) in [6.45, 7) is 5.85. The van der Waals surface area contributed by atoms with E-state index in [9.17, 15) is 4.79 Å². The third-order valence-corrected chi connectivity index (χ3v) is 7.08. The van der Waals surface area contributed by atoms with Gasteiger partial charge >= 0.3 is 0 Å². The molecule has 2 aliphatic rings. The number of hydrogen-bond acceptors (Lipinski definition) is 6. The van der Waals surface area contributed by atoms with Gasteiger partial charge in [-0.15, -0.1) is 0 Å². The Bertz CT molecular complexity index is 967. The smallest absolute Gasteiger partial charge is 0.257 e. The van der Waals surface area contributed by atoms with Gasteiger partial charge in [-0.05, 0) is 62.9 Å². The van der Waals surface area contributed by atoms with Crippen LogP contribution in [-0.4, -0.2) is 73.3 Å². The molecule has 0 bridgehead atoms. The van der Waals surface area contributed by atoms with E-state index in [0.29, 0.717) is 23.7 Å². The minimum absolute atomic E-state index is 0.0182. The minimum atomic E-state index is 0.0182. The maximum absolute atomic E-state index is 13.7. The molecule has 0 radical (unpaired) electrons. The van der Waals surface area contributed by atoms with Gasteiger partial charge in [0.2, 0.25) is 0 Å². The number of piperidine rings is 1. The number of carbonyl (C=O) groups excluding carboxylic acids is 1. The molecule has 0 spiro atoms. The topological polar surface area (TPSA) is 64.1 Å². The molecule has 1 aromatic carbocycles. The van der Waals surface area contributed by atoms with E-state index in [1.807, 2.05) is 35.4 Å². The maximum Gasteiger partial charge on any atom is 0.257 e. The lowest BCUT2D eigenvalue weighted by Gasteiger charge is -2.41. The van der Waals surface area contributed by atoms with Crippen molar-refractivity contribution in [2.75, 3.05) is 40.5 Å². The van der Waals surface area contributed by atoms with Crippen LogP contribution in [0.4, 0.5) is 0 Å². The summed E-state index contributed by atoms with van der Waals surface area (Å²) in [5, 5.41) is 0. The van der Waals surface area contributed by atoms with Crippen molar-refractivity contribution in [1.29, 1.82) is 0 Å². The quantitative estimate of drug-likeness (QED) is 0.675. The molecule has 2 atom stereocenters. The van der Waals surface area contributed by atoms with Crippen LogP contribution in [0.25, 0.3) is 0 Å². The molecule has 2 aromatic rings. The molecule has 0 N–H and O–H groups in total. The summed E-state index contributed by atoms with van der Waals surface area (Å²) in [6, 6.07) is 9.65. The van der Waals surface area contributed by atoms with Crippen LogP contribution in [-0.2, 0) is 11.3 Å². The Balaban J connectivity index is 1.61. The first-order valence-corrected chi connectivity index (χ1v) is 12.4. The average Bonchev–Trinajstić information content (AvgIpc) is 2.87. The van der Waals surface area contributed by atoms with Crippen LogP contribution in [0.5, 0.6) is 11.5 Å². The van der Waals surface area contributed by atoms with Gasteiger partial charge in [0.05, 0.1) is 30.5 Å². The number of amides is 1. The summed E-state index contributed by atoms with van der Waals surface area (Å²) in [7, 11) is 3.39. The zero-order chi connectivity index (χ0) is 23.9. The lowest BCUT2D eigenvalue weighted by Crippen LogP contribution is -2.51. The van der Waals surface area contributed by atoms with Crippen LogP contribution in [0.2, 0.25) is 0 Å². The van der Waals surface area contributed by atoms with E-state index in [1.54, 1.807) is 14.2 Å². The Hall–Kier alpha value is -2.64. The Morgan fingerprint density at radius 1 is 1.09 bits per heavy atom. The van der Waals surface area contributed by atoms with Gasteiger partial charge in [-0.2, -0.15) is 0 Å². The molecule has 34 heavy (non-hydrogen) atoms. The fourth-order valence-corrected chi connectivity index (χ4v) is 5.11. The lowest BCUT2D eigenvalue weighted by molar-refractivity contribution is -0.0155. The summed E-state index contributed by atoms with van der Waals surface area (Å²) in [5.74, 6) is 1.28. The monoisotopic (exact) mass is 467 g/mol. The van der Waals surface area contributed by atoms with Crippen molar-refractivity contribution in [1.82, 2.24) is 14.8 Å². The van der Waals surface area contributed by atoms with Gasteiger partial charge in [0, 0.05) is 39.0 Å². The summed E-state index contributed by atoms with van der Waals surface area (Å²) < 4.78 is 17.5. The molecule has 7 nitrogen and oxygen atoms in total. The van der Waals surface area contributed by atoms with Crippen molar-refractivity contribution in [3.8, 4) is 11.5 Å². The summed E-state index contributed by atoms with van der Waals surface area (Å²) in [4.78, 5) is 22.7. The highest BCUT2D eigenvalue weighted by Gasteiger charge is 2.35. The van der Waals surface area contributed by atoms with Gasteiger partial charge in [0.15, 0.2) is 0 Å². The van der Waals surface area contributed by atoms with Crippen LogP contribution in [0.1, 0.15) is 53.7 Å². The Morgan fingerprint density at radius 3 is 2.76 bits per heavy atom. The average molecular weight is 468 g/mol. The predicted molar refractivity (Wildman–Crippen MR) is 131 cm³/mol. The summed E-state index contributed by atoms with van der Waals surface area (Å²) in [5.41, 5.74) is 2.89. The highest BCUT2D eigenvalue weighted by molar-refractivity contribution is 5.97. The highest BCUT2D eigenvalue weighted by Crippen LogP contribution is 2.31. The summed E-state index contributed by atoms with van der Waals surface area (Å²) >= 11 is 0. The second-order valence-electron chi connectivity index (χ2n) is 9.23. The van der Waals surface area contributed by atoms with Gasteiger partial charge in [0.25, 0.3) is 5.91 Å². The zero-order valence-corrected chi connectivity index (χ0v) is 20.7. The highest BCUT2D eigenvalue weighted by atomic mass is 16.5. The molecule has 0 saturated carbocycles. The number of hydrogen-bond donors (Lipinski definition) is 0. The molecule has 1 amide bonds. The van der Waals surface area contributed by atoms with E-state index < -0.39 is 0 Å². The van der Waals surface area contributed by atoms with Crippen LogP contribution in [0, 0.1) is 6.92 Å². The number of rotatable bonds is 4. The number of nitrogens with zero attached hydrogens (tertiary/aromatic N) is 3. The van der Waals surface area contributed by atoms with Crippen LogP contribution in [0.15, 0.2) is 36.5 Å². The van der Waals surface area contributed by atoms with E-state index in [1.165, 1.54) is 5.56 Å². The number of fused-ring (bicyclic) bond motifs is 2. The van der Waals surface area contributed by atoms with Gasteiger partial charge in [-0.3, -0.25) is 14.7 Å². The number of methoxy groups -OCH3 is 2. The van der Waals surface area contributed by atoms with Gasteiger partial charge in [-0.25, -0.2) is 0 Å². The number of pyridine rings is 1. The first-order valence-electron chi connectivity index (χ1n) is 12.4. The van der Waals surface area contributed by atoms with Crippen molar-refractivity contribution in [3.05, 3.63) is 53.3 Å². The Morgan fingerprint density at radius 2 is 1.97 bits per heavy atom. The van der Waals surface area contributed by atoms with Crippen LogP contribution in [0.3, 0.4) is 0 Å². The van der Waals surface area contributed by atoms with E-state index >= 15 is 0 Å². The molecule has 1 aromatic heterocycles. The fraction of sp³-hybridized carbons (Fsp3) is 0.556. The first-order chi connectivity index (χ1) is 16.6. The van der Waals surface area contributed by atoms with Gasteiger partial charge in [-0.1, -0.05) is 12.5 Å². The largest absolute Gasteiger partial charge is 0.497 e. The standard InChI is InChI=1S/C27H37N3O4/c1-20-8-6-13-28-23(20)19-29-14-5-4-9-24-25(33-3)10-7-15-30(24)27(31)22-12-11-21(32-2)18-26(22)34-17-16-29/h6,8,11-13,18,24-25H,4-5,7,9-10,14-17,19H2,1-3H3/t24-,25-/m1/s1. The van der Waals surface area contributed by atoms with Crippen LogP contribution < -0.4 is 9.47 Å². The number of ether oxygens (including phenoxy) is 3. The number of aromatic nitrogens is 1. The summed E-state index contributed by atoms with van der Waals surface area (Å²) in [6.07, 6.45) is 6.90. The second kappa shape index (κ2) is 11.7. The molecular weight excluding hydrogens is 430 g/mol. The number of carbonyl (C=O) groups is 1. The predicted octanol–water partition coefficient (Wildman–Crippen LogP) is 4.08.